The third-order valence-corrected chi connectivity index (χ3v) is 12.1. The van der Waals surface area contributed by atoms with Crippen LogP contribution in [0.15, 0.2) is 12.3 Å². The van der Waals surface area contributed by atoms with Gasteiger partial charge in [-0.3, -0.25) is 24.9 Å². The second-order valence-corrected chi connectivity index (χ2v) is 15.9. The Morgan fingerprint density at radius 1 is 1.02 bits per heavy atom. The number of nitrogens with one attached hydrogen (secondary N) is 4. The molecule has 7 rings (SSSR count). The maximum atomic E-state index is 6.22. The Labute approximate surface area is 252 Å². The first-order valence-electron chi connectivity index (χ1n) is 17.1. The van der Waals surface area contributed by atoms with Crippen LogP contribution in [-0.4, -0.2) is 64.2 Å². The fraction of sp³-hybridized carbons (Fsp3) is 0.906. The largest absolute Gasteiger partial charge is 0.477 e. The molecule has 9 heteroatoms. The van der Waals surface area contributed by atoms with Gasteiger partial charge in [0.2, 0.25) is 5.88 Å². The molecular formula is C32H55N7OS. The van der Waals surface area contributed by atoms with Gasteiger partial charge < -0.3 is 10.1 Å². The van der Waals surface area contributed by atoms with Gasteiger partial charge in [0.1, 0.15) is 6.17 Å². The van der Waals surface area contributed by atoms with Gasteiger partial charge in [0.25, 0.3) is 0 Å². The minimum Gasteiger partial charge on any atom is -0.477 e. The van der Waals surface area contributed by atoms with Gasteiger partial charge in [-0.25, -0.2) is 0 Å². The van der Waals surface area contributed by atoms with Crippen LogP contribution in [0, 0.1) is 29.6 Å². The Hall–Kier alpha value is -0.840. The summed E-state index contributed by atoms with van der Waals surface area (Å²) < 4.78 is 12.2. The Balaban J connectivity index is 1.00. The molecule has 41 heavy (non-hydrogen) atoms. The quantitative estimate of drug-likeness (QED) is 0.331. The number of hydrogen-bond donors (Lipinski definition) is 4. The summed E-state index contributed by atoms with van der Waals surface area (Å²) >= 11 is 1.92. The number of fused-ring (bicyclic) bond motifs is 6. The molecule has 6 unspecified atom stereocenters. The Morgan fingerprint density at radius 3 is 2.71 bits per heavy atom. The van der Waals surface area contributed by atoms with E-state index in [9.17, 15) is 0 Å². The number of nitrogens with zero attached hydrogens (tertiary/aromatic N) is 3. The predicted octanol–water partition coefficient (Wildman–Crippen LogP) is 5.06. The third kappa shape index (κ3) is 7.12. The highest BCUT2D eigenvalue weighted by molar-refractivity contribution is 7.98. The SMILES string of the molecule is CC1(C)C[C@@H]2CCCNC3CCCC(N3)SNCC3CCC(n4ccc(OCCC(C5CC5)C5CC5)n4)NC3N1C2. The van der Waals surface area contributed by atoms with E-state index in [1.165, 1.54) is 83.6 Å². The van der Waals surface area contributed by atoms with Gasteiger partial charge in [0, 0.05) is 36.8 Å². The van der Waals surface area contributed by atoms with Crippen molar-refractivity contribution in [1.82, 2.24) is 35.4 Å². The summed E-state index contributed by atoms with van der Waals surface area (Å²) in [5, 5.41) is 17.2. The van der Waals surface area contributed by atoms with Crippen LogP contribution in [0.25, 0.3) is 0 Å². The number of aromatic nitrogens is 2. The molecule has 8 nitrogen and oxygen atoms in total. The van der Waals surface area contributed by atoms with Gasteiger partial charge in [0.05, 0.1) is 24.3 Å². The second kappa shape index (κ2) is 12.6. The summed E-state index contributed by atoms with van der Waals surface area (Å²) in [6.07, 6.45) is 20.2. The first-order valence-corrected chi connectivity index (χ1v) is 18.0. The molecular weight excluding hydrogens is 530 g/mol. The molecule has 6 fully saturated rings. The maximum Gasteiger partial charge on any atom is 0.232 e. The summed E-state index contributed by atoms with van der Waals surface area (Å²) in [5.41, 5.74) is 0.205. The van der Waals surface area contributed by atoms with Crippen LogP contribution in [0.3, 0.4) is 0 Å². The maximum absolute atomic E-state index is 6.22. The molecule has 1 aromatic rings. The average molecular weight is 586 g/mol. The van der Waals surface area contributed by atoms with Gasteiger partial charge in [-0.1, -0.05) is 11.9 Å². The van der Waals surface area contributed by atoms with Crippen molar-refractivity contribution in [3.8, 4) is 5.88 Å². The van der Waals surface area contributed by atoms with Crippen LogP contribution >= 0.6 is 11.9 Å². The predicted molar refractivity (Wildman–Crippen MR) is 166 cm³/mol. The Morgan fingerprint density at radius 2 is 1.88 bits per heavy atom. The van der Waals surface area contributed by atoms with E-state index in [1.54, 1.807) is 0 Å². The second-order valence-electron chi connectivity index (χ2n) is 14.8. The molecule has 7 atom stereocenters. The van der Waals surface area contributed by atoms with E-state index < -0.39 is 0 Å². The van der Waals surface area contributed by atoms with Gasteiger partial charge in [-0.2, -0.15) is 0 Å². The minimum absolute atomic E-state index is 0.205. The highest BCUT2D eigenvalue weighted by Gasteiger charge is 2.46. The summed E-state index contributed by atoms with van der Waals surface area (Å²) in [6, 6.07) is 2.08. The van der Waals surface area contributed by atoms with Crippen molar-refractivity contribution in [2.24, 2.45) is 29.6 Å². The van der Waals surface area contributed by atoms with Gasteiger partial charge in [-0.05, 0) is 128 Å². The van der Waals surface area contributed by atoms with E-state index in [-0.39, 0.29) is 11.7 Å². The molecule has 6 aliphatic rings. The molecule has 4 bridgehead atoms. The number of hydrogen-bond acceptors (Lipinski definition) is 8. The molecule has 0 spiro atoms. The Kier molecular flexibility index (Phi) is 8.91. The van der Waals surface area contributed by atoms with Crippen molar-refractivity contribution in [1.29, 1.82) is 0 Å². The molecule has 2 saturated carbocycles. The van der Waals surface area contributed by atoms with Crippen molar-refractivity contribution in [3.05, 3.63) is 12.3 Å². The van der Waals surface area contributed by atoms with E-state index in [1.807, 2.05) is 11.9 Å². The normalized spacial score (nSPS) is 38.2. The number of piperidine rings is 2. The zero-order chi connectivity index (χ0) is 27.8. The molecule has 1 aromatic heterocycles. The lowest BCUT2D eigenvalue weighted by molar-refractivity contribution is 0.00922. The first kappa shape index (κ1) is 28.9. The minimum atomic E-state index is 0.205. The summed E-state index contributed by atoms with van der Waals surface area (Å²) in [7, 11) is 0. The molecule has 5 heterocycles. The zero-order valence-corrected chi connectivity index (χ0v) is 26.3. The lowest BCUT2D eigenvalue weighted by Gasteiger charge is -2.47. The lowest BCUT2D eigenvalue weighted by atomic mass is 9.90. The van der Waals surface area contributed by atoms with Crippen molar-refractivity contribution >= 4 is 11.9 Å². The van der Waals surface area contributed by atoms with Gasteiger partial charge in [-0.15, -0.1) is 5.10 Å². The van der Waals surface area contributed by atoms with Crippen molar-refractivity contribution in [2.75, 3.05) is 26.2 Å². The smallest absolute Gasteiger partial charge is 0.232 e. The van der Waals surface area contributed by atoms with Crippen molar-refractivity contribution in [2.45, 2.75) is 127 Å². The third-order valence-electron chi connectivity index (χ3n) is 11.1. The molecule has 0 aromatic carbocycles. The standard InChI is InChI=1S/C32H55N7OS/c1-32(2)19-22-5-4-16-33-27-6-3-7-30(35-27)41-34-20-25-12-13-28(36-31(25)38(32)21-22)39-17-14-29(37-39)40-18-15-26(23-8-9-23)24-10-11-24/h14,17,22-28,30-31,33-36H,3-13,15-16,18-21H2,1-2H3/t22-,25?,27?,28?,30?,31?/m0/s1. The summed E-state index contributed by atoms with van der Waals surface area (Å²) in [5.74, 6) is 5.03. The van der Waals surface area contributed by atoms with Gasteiger partial charge >= 0.3 is 0 Å². The highest BCUT2D eigenvalue weighted by Crippen LogP contribution is 2.50. The fourth-order valence-electron chi connectivity index (χ4n) is 8.66. The molecule has 4 N–H and O–H groups in total. The fourth-order valence-corrected chi connectivity index (χ4v) is 9.69. The van der Waals surface area contributed by atoms with Crippen LogP contribution in [0.1, 0.15) is 103 Å². The molecule has 4 aliphatic heterocycles. The lowest BCUT2D eigenvalue weighted by Crippen LogP contribution is -2.60. The van der Waals surface area contributed by atoms with E-state index in [4.69, 9.17) is 9.84 Å². The number of ether oxygens (including phenoxy) is 1. The van der Waals surface area contributed by atoms with E-state index in [2.05, 4.69) is 56.4 Å². The Bertz CT molecular complexity index is 984. The summed E-state index contributed by atoms with van der Waals surface area (Å²) in [6.45, 7) is 9.13. The van der Waals surface area contributed by atoms with Crippen LogP contribution < -0.4 is 25.4 Å². The monoisotopic (exact) mass is 585 g/mol. The van der Waals surface area contributed by atoms with E-state index in [0.29, 0.717) is 23.6 Å². The molecule has 230 valence electrons. The van der Waals surface area contributed by atoms with Crippen LogP contribution in [0.5, 0.6) is 5.88 Å². The van der Waals surface area contributed by atoms with Crippen LogP contribution in [-0.2, 0) is 0 Å². The van der Waals surface area contributed by atoms with E-state index >= 15 is 0 Å². The first-order chi connectivity index (χ1) is 20.0. The molecule has 4 saturated heterocycles. The average Bonchev–Trinajstić information content (AvgIpc) is 3.90. The highest BCUT2D eigenvalue weighted by atomic mass is 32.2. The zero-order valence-electron chi connectivity index (χ0n) is 25.5. The molecule has 0 amide bonds. The van der Waals surface area contributed by atoms with Gasteiger partial charge in [0.15, 0.2) is 0 Å². The van der Waals surface area contributed by atoms with Crippen LogP contribution in [0.4, 0.5) is 0 Å². The number of rotatable bonds is 7. The van der Waals surface area contributed by atoms with Crippen molar-refractivity contribution in [3.63, 3.8) is 0 Å². The van der Waals surface area contributed by atoms with Crippen LogP contribution in [0.2, 0.25) is 0 Å². The van der Waals surface area contributed by atoms with Crippen molar-refractivity contribution < 1.29 is 4.74 Å². The summed E-state index contributed by atoms with van der Waals surface area (Å²) in [4.78, 5) is 2.82. The van der Waals surface area contributed by atoms with E-state index in [0.717, 1.165) is 55.7 Å². The molecule has 0 radical (unpaired) electrons. The molecule has 2 aliphatic carbocycles. The topological polar surface area (TPSA) is 78.4 Å².